The van der Waals surface area contributed by atoms with Crippen molar-refractivity contribution in [3.8, 4) is 0 Å². The topological polar surface area (TPSA) is 66.8 Å². The number of aliphatic hydroxyl groups is 1. The molecule has 0 aliphatic carbocycles. The van der Waals surface area contributed by atoms with E-state index in [1.807, 2.05) is 0 Å². The molecule has 0 saturated heterocycles. The van der Waals surface area contributed by atoms with Crippen LogP contribution in [0.5, 0.6) is 0 Å². The van der Waals surface area contributed by atoms with Crippen molar-refractivity contribution in [1.82, 2.24) is 0 Å². The molecule has 0 unspecified atom stereocenters. The highest BCUT2D eigenvalue weighted by Gasteiger charge is 1.90. The van der Waals surface area contributed by atoms with Gasteiger partial charge in [-0.15, -0.1) is 0 Å². The third-order valence-electron chi connectivity index (χ3n) is 2.13. The molecule has 0 saturated carbocycles. The van der Waals surface area contributed by atoms with Crippen LogP contribution in [0, 0.1) is 0 Å². The fourth-order valence-electron chi connectivity index (χ4n) is 1.33. The lowest BCUT2D eigenvalue weighted by atomic mass is 10.1. The summed E-state index contributed by atoms with van der Waals surface area (Å²) in [6.07, 6.45) is 9.20. The molecule has 0 atom stereocenters. The van der Waals surface area contributed by atoms with Gasteiger partial charge < -0.3 is 14.9 Å². The zero-order chi connectivity index (χ0) is 13.4. The van der Waals surface area contributed by atoms with Crippen molar-refractivity contribution >= 4 is 5.97 Å². The van der Waals surface area contributed by atoms with Crippen molar-refractivity contribution in [2.24, 2.45) is 0 Å². The van der Waals surface area contributed by atoms with E-state index < -0.39 is 5.97 Å². The van der Waals surface area contributed by atoms with Crippen molar-refractivity contribution in [3.05, 3.63) is 0 Å². The number of hydrogen-bond donors (Lipinski definition) is 2. The largest absolute Gasteiger partial charge is 0.481 e. The normalized spacial score (nSPS) is 9.59. The van der Waals surface area contributed by atoms with Gasteiger partial charge in [-0.2, -0.15) is 0 Å². The summed E-state index contributed by atoms with van der Waals surface area (Å²) in [7, 11) is 0. The van der Waals surface area contributed by atoms with Crippen LogP contribution in [-0.4, -0.2) is 36.0 Å². The van der Waals surface area contributed by atoms with E-state index in [0.29, 0.717) is 6.61 Å². The number of rotatable bonds is 10. The summed E-state index contributed by atoms with van der Waals surface area (Å²) in [6, 6.07) is 0. The zero-order valence-electron chi connectivity index (χ0n) is 11.3. The van der Waals surface area contributed by atoms with Crippen LogP contribution in [0.25, 0.3) is 0 Å². The Labute approximate surface area is 105 Å². The number of aliphatic carboxylic acids is 1. The summed E-state index contributed by atoms with van der Waals surface area (Å²) in [5, 5.41) is 15.9. The SMILES string of the molecule is CC(=O)O.CCCCCCCCCOCCO. The van der Waals surface area contributed by atoms with Gasteiger partial charge in [-0.25, -0.2) is 0 Å². The minimum Gasteiger partial charge on any atom is -0.481 e. The molecule has 0 fully saturated rings. The first-order chi connectivity index (χ1) is 8.15. The lowest BCUT2D eigenvalue weighted by Crippen LogP contribution is -2.00. The number of carboxylic acid groups (broad SMARTS) is 1. The Kier molecular flexibility index (Phi) is 19.6. The first-order valence-electron chi connectivity index (χ1n) is 6.53. The lowest BCUT2D eigenvalue weighted by Gasteiger charge is -2.02. The Balaban J connectivity index is 0. The zero-order valence-corrected chi connectivity index (χ0v) is 11.3. The molecule has 0 aliphatic rings. The second-order valence-corrected chi connectivity index (χ2v) is 3.98. The van der Waals surface area contributed by atoms with Gasteiger partial charge >= 0.3 is 0 Å². The molecule has 0 radical (unpaired) electrons. The van der Waals surface area contributed by atoms with Crippen LogP contribution in [-0.2, 0) is 9.53 Å². The van der Waals surface area contributed by atoms with Gasteiger partial charge in [-0.1, -0.05) is 45.4 Å². The van der Waals surface area contributed by atoms with Crippen LogP contribution >= 0.6 is 0 Å². The maximum atomic E-state index is 9.00. The highest BCUT2D eigenvalue weighted by atomic mass is 16.5. The molecule has 0 amide bonds. The van der Waals surface area contributed by atoms with Gasteiger partial charge in [0, 0.05) is 13.5 Å². The van der Waals surface area contributed by atoms with E-state index in [1.54, 1.807) is 0 Å². The van der Waals surface area contributed by atoms with Crippen molar-refractivity contribution in [2.75, 3.05) is 19.8 Å². The third kappa shape index (κ3) is 31.3. The highest BCUT2D eigenvalue weighted by molar-refractivity contribution is 5.62. The molecule has 0 aromatic rings. The molecule has 2 N–H and O–H groups in total. The van der Waals surface area contributed by atoms with E-state index in [1.165, 1.54) is 38.5 Å². The summed E-state index contributed by atoms with van der Waals surface area (Å²) in [5.74, 6) is -0.833. The fourth-order valence-corrected chi connectivity index (χ4v) is 1.33. The van der Waals surface area contributed by atoms with Crippen LogP contribution in [0.1, 0.15) is 58.8 Å². The number of ether oxygens (including phenoxy) is 1. The molecule has 0 bridgehead atoms. The van der Waals surface area contributed by atoms with E-state index in [2.05, 4.69) is 6.92 Å². The summed E-state index contributed by atoms with van der Waals surface area (Å²) >= 11 is 0. The monoisotopic (exact) mass is 248 g/mol. The summed E-state index contributed by atoms with van der Waals surface area (Å²) in [5.41, 5.74) is 0. The van der Waals surface area contributed by atoms with E-state index in [-0.39, 0.29) is 6.61 Å². The third-order valence-corrected chi connectivity index (χ3v) is 2.13. The van der Waals surface area contributed by atoms with Gasteiger partial charge in [-0.05, 0) is 6.42 Å². The standard InChI is InChI=1S/C11H24O2.C2H4O2/c1-2-3-4-5-6-7-8-10-13-11-9-12;1-2(3)4/h12H,2-11H2,1H3;1H3,(H,3,4). The number of unbranched alkanes of at least 4 members (excludes halogenated alkanes) is 6. The second-order valence-electron chi connectivity index (χ2n) is 3.98. The highest BCUT2D eigenvalue weighted by Crippen LogP contribution is 2.06. The van der Waals surface area contributed by atoms with Gasteiger partial charge in [0.25, 0.3) is 5.97 Å². The molecule has 0 aromatic carbocycles. The molecule has 104 valence electrons. The Hall–Kier alpha value is -0.610. The average molecular weight is 248 g/mol. The first kappa shape index (κ1) is 18.7. The van der Waals surface area contributed by atoms with Gasteiger partial charge in [0.15, 0.2) is 0 Å². The van der Waals surface area contributed by atoms with E-state index in [9.17, 15) is 0 Å². The van der Waals surface area contributed by atoms with Crippen LogP contribution in [0.3, 0.4) is 0 Å². The van der Waals surface area contributed by atoms with Crippen molar-refractivity contribution in [1.29, 1.82) is 0 Å². The number of carboxylic acids is 1. The minimum absolute atomic E-state index is 0.149. The molecule has 0 spiro atoms. The molecule has 4 heteroatoms. The quantitative estimate of drug-likeness (QED) is 0.583. The Morgan fingerprint density at radius 2 is 1.47 bits per heavy atom. The second kappa shape index (κ2) is 17.8. The maximum absolute atomic E-state index is 9.00. The van der Waals surface area contributed by atoms with E-state index in [4.69, 9.17) is 19.7 Å². The van der Waals surface area contributed by atoms with E-state index >= 15 is 0 Å². The summed E-state index contributed by atoms with van der Waals surface area (Å²) in [4.78, 5) is 9.00. The van der Waals surface area contributed by atoms with Crippen molar-refractivity contribution in [3.63, 3.8) is 0 Å². The van der Waals surface area contributed by atoms with Gasteiger partial charge in [-0.3, -0.25) is 4.79 Å². The van der Waals surface area contributed by atoms with Crippen LogP contribution in [0.15, 0.2) is 0 Å². The van der Waals surface area contributed by atoms with Crippen LogP contribution < -0.4 is 0 Å². The minimum atomic E-state index is -0.833. The first-order valence-corrected chi connectivity index (χ1v) is 6.53. The predicted octanol–water partition coefficient (Wildman–Crippen LogP) is 2.84. The molecule has 0 aliphatic heterocycles. The number of aliphatic hydroxyl groups excluding tert-OH is 1. The predicted molar refractivity (Wildman–Crippen MR) is 69.2 cm³/mol. The van der Waals surface area contributed by atoms with Crippen LogP contribution in [0.2, 0.25) is 0 Å². The Bertz CT molecular complexity index is 134. The summed E-state index contributed by atoms with van der Waals surface area (Å²) < 4.78 is 5.16. The molecular weight excluding hydrogens is 220 g/mol. The van der Waals surface area contributed by atoms with Gasteiger partial charge in [0.1, 0.15) is 0 Å². The number of carbonyl (C=O) groups is 1. The molecule has 0 aromatic heterocycles. The average Bonchev–Trinajstić information content (AvgIpc) is 2.26. The molecule has 0 heterocycles. The van der Waals surface area contributed by atoms with Gasteiger partial charge in [0.2, 0.25) is 0 Å². The molecule has 4 nitrogen and oxygen atoms in total. The summed E-state index contributed by atoms with van der Waals surface area (Å²) in [6.45, 7) is 4.78. The fraction of sp³-hybridized carbons (Fsp3) is 0.923. The number of hydrogen-bond acceptors (Lipinski definition) is 3. The van der Waals surface area contributed by atoms with Crippen molar-refractivity contribution < 1.29 is 19.7 Å². The Morgan fingerprint density at radius 3 is 1.94 bits per heavy atom. The molecule has 0 rings (SSSR count). The van der Waals surface area contributed by atoms with Crippen LogP contribution in [0.4, 0.5) is 0 Å². The van der Waals surface area contributed by atoms with E-state index in [0.717, 1.165) is 20.0 Å². The lowest BCUT2D eigenvalue weighted by molar-refractivity contribution is -0.134. The van der Waals surface area contributed by atoms with Gasteiger partial charge in [0.05, 0.1) is 13.2 Å². The smallest absolute Gasteiger partial charge is 0.300 e. The molecular formula is C13H28O4. The Morgan fingerprint density at radius 1 is 1.00 bits per heavy atom. The maximum Gasteiger partial charge on any atom is 0.300 e. The van der Waals surface area contributed by atoms with Crippen molar-refractivity contribution in [2.45, 2.75) is 58.8 Å². The molecule has 17 heavy (non-hydrogen) atoms.